The maximum Gasteiger partial charge on any atom is 0.257 e. The summed E-state index contributed by atoms with van der Waals surface area (Å²) in [5.41, 5.74) is 0.506. The summed E-state index contributed by atoms with van der Waals surface area (Å²) in [4.78, 5) is 16.4. The van der Waals surface area contributed by atoms with Gasteiger partial charge in [0.15, 0.2) is 16.8 Å². The molecular weight excluding hydrogens is 346 g/mol. The van der Waals surface area contributed by atoms with Crippen LogP contribution in [0.1, 0.15) is 10.4 Å². The highest BCUT2D eigenvalue weighted by atomic mass is 35.5. The van der Waals surface area contributed by atoms with E-state index in [1.54, 1.807) is 12.1 Å². The van der Waals surface area contributed by atoms with Crippen molar-refractivity contribution in [1.82, 2.24) is 4.98 Å². The second-order valence-corrected chi connectivity index (χ2v) is 5.94. The molecule has 0 radical (unpaired) electrons. The maximum atomic E-state index is 13.2. The number of amides is 1. The highest BCUT2D eigenvalue weighted by Gasteiger charge is 2.15. The smallest absolute Gasteiger partial charge is 0.257 e. The Labute approximate surface area is 138 Å². The summed E-state index contributed by atoms with van der Waals surface area (Å²) in [6.07, 6.45) is 0. The molecule has 2 aromatic carbocycles. The molecule has 1 heterocycles. The van der Waals surface area contributed by atoms with Crippen molar-refractivity contribution in [2.75, 3.05) is 12.4 Å². The van der Waals surface area contributed by atoms with E-state index in [0.29, 0.717) is 21.0 Å². The third-order valence-corrected chi connectivity index (χ3v) is 4.51. The van der Waals surface area contributed by atoms with Crippen LogP contribution in [-0.2, 0) is 0 Å². The fourth-order valence-electron chi connectivity index (χ4n) is 1.98. The van der Waals surface area contributed by atoms with Crippen molar-refractivity contribution in [3.63, 3.8) is 0 Å². The van der Waals surface area contributed by atoms with Gasteiger partial charge in [-0.05, 0) is 30.3 Å². The standard InChI is InChI=1S/C15H9ClF2N2O2S/c1-22-11-5-3-8(16)13-12(11)19-15(23-13)20-14(21)7-2-4-9(17)10(18)6-7/h2-6H,1H3,(H,19,20,21). The summed E-state index contributed by atoms with van der Waals surface area (Å²) in [5.74, 6) is -2.18. The molecule has 3 aromatic rings. The maximum absolute atomic E-state index is 13.2. The zero-order chi connectivity index (χ0) is 16.6. The number of nitrogens with one attached hydrogen (secondary N) is 1. The van der Waals surface area contributed by atoms with Crippen LogP contribution in [0, 0.1) is 11.6 Å². The minimum atomic E-state index is -1.09. The van der Waals surface area contributed by atoms with E-state index < -0.39 is 17.5 Å². The zero-order valence-corrected chi connectivity index (χ0v) is 13.3. The minimum Gasteiger partial charge on any atom is -0.494 e. The Hall–Kier alpha value is -2.25. The van der Waals surface area contributed by atoms with E-state index in [1.165, 1.54) is 13.2 Å². The molecule has 0 aliphatic rings. The van der Waals surface area contributed by atoms with Crippen molar-refractivity contribution in [1.29, 1.82) is 0 Å². The molecule has 0 spiro atoms. The summed E-state index contributed by atoms with van der Waals surface area (Å²) >= 11 is 7.26. The highest BCUT2D eigenvalue weighted by molar-refractivity contribution is 7.23. The average molecular weight is 355 g/mol. The number of nitrogens with zero attached hydrogens (tertiary/aromatic N) is 1. The molecule has 0 aliphatic heterocycles. The number of aromatic nitrogens is 1. The molecule has 4 nitrogen and oxygen atoms in total. The van der Waals surface area contributed by atoms with Crippen molar-refractivity contribution >= 4 is 44.2 Å². The molecule has 0 fully saturated rings. The quantitative estimate of drug-likeness (QED) is 0.754. The van der Waals surface area contributed by atoms with Gasteiger partial charge in [0.1, 0.15) is 11.3 Å². The van der Waals surface area contributed by atoms with Crippen LogP contribution in [-0.4, -0.2) is 18.0 Å². The van der Waals surface area contributed by atoms with E-state index in [9.17, 15) is 13.6 Å². The van der Waals surface area contributed by atoms with E-state index in [4.69, 9.17) is 16.3 Å². The largest absolute Gasteiger partial charge is 0.494 e. The van der Waals surface area contributed by atoms with Crippen LogP contribution >= 0.6 is 22.9 Å². The van der Waals surface area contributed by atoms with Crippen molar-refractivity contribution in [3.8, 4) is 5.75 Å². The number of anilines is 1. The molecule has 23 heavy (non-hydrogen) atoms. The van der Waals surface area contributed by atoms with Crippen molar-refractivity contribution in [2.45, 2.75) is 0 Å². The molecule has 8 heteroatoms. The molecule has 0 unspecified atom stereocenters. The molecule has 0 bridgehead atoms. The van der Waals surface area contributed by atoms with E-state index in [2.05, 4.69) is 10.3 Å². The Morgan fingerprint density at radius 3 is 2.74 bits per heavy atom. The second-order valence-electron chi connectivity index (χ2n) is 4.53. The van der Waals surface area contributed by atoms with Crippen molar-refractivity contribution in [3.05, 3.63) is 52.6 Å². The number of hydrogen-bond acceptors (Lipinski definition) is 4. The Morgan fingerprint density at radius 1 is 1.26 bits per heavy atom. The molecule has 0 saturated heterocycles. The first kappa shape index (κ1) is 15.6. The predicted octanol–water partition coefficient (Wildman–Crippen LogP) is 4.49. The van der Waals surface area contributed by atoms with E-state index >= 15 is 0 Å². The lowest BCUT2D eigenvalue weighted by Gasteiger charge is -2.02. The monoisotopic (exact) mass is 354 g/mol. The first-order valence-corrected chi connectivity index (χ1v) is 7.58. The SMILES string of the molecule is COc1ccc(Cl)c2sc(NC(=O)c3ccc(F)c(F)c3)nc12. The lowest BCUT2D eigenvalue weighted by molar-refractivity contribution is 0.102. The molecule has 3 rings (SSSR count). The number of thiazole rings is 1. The molecule has 0 aliphatic carbocycles. The van der Waals surface area contributed by atoms with Gasteiger partial charge in [-0.1, -0.05) is 22.9 Å². The normalized spacial score (nSPS) is 10.8. The van der Waals surface area contributed by atoms with Gasteiger partial charge in [-0.3, -0.25) is 10.1 Å². The van der Waals surface area contributed by atoms with Crippen LogP contribution < -0.4 is 10.1 Å². The molecule has 1 N–H and O–H groups in total. The van der Waals surface area contributed by atoms with Gasteiger partial charge < -0.3 is 4.74 Å². The topological polar surface area (TPSA) is 51.2 Å². The predicted molar refractivity (Wildman–Crippen MR) is 85.5 cm³/mol. The molecule has 118 valence electrons. The van der Waals surface area contributed by atoms with Crippen LogP contribution in [0.3, 0.4) is 0 Å². The number of benzene rings is 2. The van der Waals surface area contributed by atoms with Crippen LogP contribution in [0.4, 0.5) is 13.9 Å². The average Bonchev–Trinajstić information content (AvgIpc) is 2.95. The van der Waals surface area contributed by atoms with Gasteiger partial charge in [0.05, 0.1) is 16.8 Å². The van der Waals surface area contributed by atoms with Gasteiger partial charge in [-0.25, -0.2) is 13.8 Å². The molecule has 0 atom stereocenters. The third kappa shape index (κ3) is 2.97. The summed E-state index contributed by atoms with van der Waals surface area (Å²) in [7, 11) is 1.50. The first-order chi connectivity index (χ1) is 11.0. The fourth-order valence-corrected chi connectivity index (χ4v) is 3.13. The lowest BCUT2D eigenvalue weighted by Crippen LogP contribution is -2.12. The highest BCUT2D eigenvalue weighted by Crippen LogP contribution is 2.37. The van der Waals surface area contributed by atoms with Gasteiger partial charge >= 0.3 is 0 Å². The Bertz CT molecular complexity index is 914. The van der Waals surface area contributed by atoms with Gasteiger partial charge in [0, 0.05) is 5.56 Å². The number of halogens is 3. The summed E-state index contributed by atoms with van der Waals surface area (Å²) in [6, 6.07) is 6.25. The van der Waals surface area contributed by atoms with E-state index in [1.807, 2.05) is 0 Å². The number of ether oxygens (including phenoxy) is 1. The van der Waals surface area contributed by atoms with Gasteiger partial charge in [-0.2, -0.15) is 0 Å². The van der Waals surface area contributed by atoms with Gasteiger partial charge in [0.2, 0.25) is 0 Å². The minimum absolute atomic E-state index is 0.0128. The lowest BCUT2D eigenvalue weighted by atomic mass is 10.2. The number of carbonyl (C=O) groups is 1. The molecular formula is C15H9ClF2N2O2S. The number of hydrogen-bond donors (Lipinski definition) is 1. The van der Waals surface area contributed by atoms with Crippen molar-refractivity contribution < 1.29 is 18.3 Å². The Balaban J connectivity index is 1.93. The summed E-state index contributed by atoms with van der Waals surface area (Å²) in [6.45, 7) is 0. The second kappa shape index (κ2) is 6.10. The van der Waals surface area contributed by atoms with Crippen molar-refractivity contribution in [2.24, 2.45) is 0 Å². The van der Waals surface area contributed by atoms with Crippen LogP contribution in [0.2, 0.25) is 5.02 Å². The zero-order valence-electron chi connectivity index (χ0n) is 11.7. The van der Waals surface area contributed by atoms with E-state index in [0.717, 1.165) is 23.5 Å². The van der Waals surface area contributed by atoms with Crippen LogP contribution in [0.25, 0.3) is 10.2 Å². The molecule has 1 amide bonds. The summed E-state index contributed by atoms with van der Waals surface area (Å²) in [5, 5.41) is 3.30. The summed E-state index contributed by atoms with van der Waals surface area (Å²) < 4.78 is 32.0. The Morgan fingerprint density at radius 2 is 2.04 bits per heavy atom. The molecule has 0 saturated carbocycles. The Kier molecular flexibility index (Phi) is 4.14. The number of carbonyl (C=O) groups excluding carboxylic acids is 1. The number of rotatable bonds is 3. The number of fused-ring (bicyclic) bond motifs is 1. The van der Waals surface area contributed by atoms with Crippen LogP contribution in [0.5, 0.6) is 5.75 Å². The fraction of sp³-hybridized carbons (Fsp3) is 0.0667. The molecule has 1 aromatic heterocycles. The van der Waals surface area contributed by atoms with E-state index in [-0.39, 0.29) is 10.7 Å². The van der Waals surface area contributed by atoms with Gasteiger partial charge in [0.25, 0.3) is 5.91 Å². The number of methoxy groups -OCH3 is 1. The third-order valence-electron chi connectivity index (χ3n) is 3.08. The van der Waals surface area contributed by atoms with Gasteiger partial charge in [-0.15, -0.1) is 0 Å². The van der Waals surface area contributed by atoms with Crippen LogP contribution in [0.15, 0.2) is 30.3 Å². The first-order valence-electron chi connectivity index (χ1n) is 6.39.